The molecular formula is C25H29N9O3. The highest BCUT2D eigenvalue weighted by Gasteiger charge is 2.27. The lowest BCUT2D eigenvalue weighted by molar-refractivity contribution is 0.0697. The number of nitrogen functional groups attached to an aromatic ring is 1. The Bertz CT molecular complexity index is 1400. The molecule has 3 N–H and O–H groups in total. The number of rotatable bonds is 6. The lowest BCUT2D eigenvalue weighted by Gasteiger charge is -2.40. The molecule has 0 radical (unpaired) electrons. The van der Waals surface area contributed by atoms with Crippen LogP contribution in [0.2, 0.25) is 0 Å². The van der Waals surface area contributed by atoms with E-state index in [9.17, 15) is 9.90 Å². The number of fused-ring (bicyclic) bond motifs is 1. The molecule has 2 fully saturated rings. The van der Waals surface area contributed by atoms with Crippen molar-refractivity contribution >= 4 is 29.3 Å². The van der Waals surface area contributed by atoms with Crippen molar-refractivity contribution in [3.05, 3.63) is 48.2 Å². The van der Waals surface area contributed by atoms with E-state index in [1.54, 1.807) is 30.5 Å². The quantitative estimate of drug-likeness (QED) is 0.399. The van der Waals surface area contributed by atoms with Gasteiger partial charge in [0, 0.05) is 45.8 Å². The minimum absolute atomic E-state index is 0.241. The molecule has 0 saturated carbocycles. The Labute approximate surface area is 213 Å². The van der Waals surface area contributed by atoms with Crippen LogP contribution in [0, 0.1) is 5.92 Å². The van der Waals surface area contributed by atoms with Gasteiger partial charge in [0.05, 0.1) is 17.5 Å². The van der Waals surface area contributed by atoms with E-state index in [1.165, 1.54) is 4.52 Å². The number of nitrogens with zero attached hydrogens (tertiary/aromatic N) is 8. The Balaban J connectivity index is 1.10. The van der Waals surface area contributed by atoms with E-state index in [0.29, 0.717) is 34.8 Å². The van der Waals surface area contributed by atoms with Gasteiger partial charge in [-0.05, 0) is 43.0 Å². The summed E-state index contributed by atoms with van der Waals surface area (Å²) in [5.41, 5.74) is 7.37. The van der Waals surface area contributed by atoms with Crippen LogP contribution in [0.4, 0.5) is 17.6 Å². The van der Waals surface area contributed by atoms with Crippen molar-refractivity contribution in [1.82, 2.24) is 29.5 Å². The number of nitrogens with two attached hydrogens (primary N) is 1. The summed E-state index contributed by atoms with van der Waals surface area (Å²) in [4.78, 5) is 32.1. The summed E-state index contributed by atoms with van der Waals surface area (Å²) in [6.45, 7) is 6.10. The number of hydrogen-bond donors (Lipinski definition) is 2. The van der Waals surface area contributed by atoms with Gasteiger partial charge in [-0.3, -0.25) is 4.90 Å². The first kappa shape index (κ1) is 23.2. The van der Waals surface area contributed by atoms with Gasteiger partial charge in [-0.2, -0.15) is 19.5 Å². The number of aromatic nitrogens is 5. The van der Waals surface area contributed by atoms with Crippen molar-refractivity contribution in [3.8, 4) is 11.6 Å². The second-order valence-corrected chi connectivity index (χ2v) is 9.57. The van der Waals surface area contributed by atoms with Crippen LogP contribution in [0.15, 0.2) is 47.1 Å². The van der Waals surface area contributed by atoms with Crippen molar-refractivity contribution in [3.63, 3.8) is 0 Å². The maximum Gasteiger partial charge on any atom is 0.337 e. The highest BCUT2D eigenvalue weighted by atomic mass is 16.4. The van der Waals surface area contributed by atoms with E-state index in [2.05, 4.69) is 34.8 Å². The molecule has 0 spiro atoms. The van der Waals surface area contributed by atoms with Gasteiger partial charge in [-0.1, -0.05) is 12.1 Å². The lowest BCUT2D eigenvalue weighted by Crippen LogP contribution is -2.50. The van der Waals surface area contributed by atoms with Crippen molar-refractivity contribution in [2.24, 2.45) is 5.92 Å². The minimum Gasteiger partial charge on any atom is -0.478 e. The molecule has 1 atom stereocenters. The normalized spacial score (nSPS) is 19.0. The average molecular weight is 504 g/mol. The first-order chi connectivity index (χ1) is 18.0. The largest absolute Gasteiger partial charge is 0.478 e. The Morgan fingerprint density at radius 2 is 1.86 bits per heavy atom. The number of piperazine rings is 1. The molecule has 192 valence electrons. The van der Waals surface area contributed by atoms with Crippen LogP contribution in [-0.4, -0.2) is 86.4 Å². The molecule has 2 saturated heterocycles. The smallest absolute Gasteiger partial charge is 0.337 e. The van der Waals surface area contributed by atoms with Crippen molar-refractivity contribution in [2.75, 3.05) is 61.3 Å². The first-order valence-corrected chi connectivity index (χ1v) is 12.5. The van der Waals surface area contributed by atoms with E-state index in [4.69, 9.17) is 10.2 Å². The van der Waals surface area contributed by atoms with Gasteiger partial charge in [0.1, 0.15) is 0 Å². The van der Waals surface area contributed by atoms with Gasteiger partial charge in [0.2, 0.25) is 17.7 Å². The maximum atomic E-state index is 11.6. The molecule has 3 aromatic heterocycles. The van der Waals surface area contributed by atoms with Gasteiger partial charge in [0.15, 0.2) is 5.76 Å². The van der Waals surface area contributed by atoms with E-state index < -0.39 is 5.97 Å². The molecule has 2 aliphatic heterocycles. The zero-order valence-corrected chi connectivity index (χ0v) is 20.4. The SMILES string of the molecule is Nc1nc(N2CCCC(CN3CCN(c4ccccc4C(=O)O)CC3)C2)nc2nc(-c3ccco3)nn12. The van der Waals surface area contributed by atoms with Crippen molar-refractivity contribution in [2.45, 2.75) is 12.8 Å². The third-order valence-corrected chi connectivity index (χ3v) is 7.13. The second-order valence-electron chi connectivity index (χ2n) is 9.57. The molecule has 0 aliphatic carbocycles. The van der Waals surface area contributed by atoms with Gasteiger partial charge < -0.3 is 25.1 Å². The molecule has 2 aliphatic rings. The Hall–Kier alpha value is -4.19. The van der Waals surface area contributed by atoms with Crippen molar-refractivity contribution in [1.29, 1.82) is 0 Å². The van der Waals surface area contributed by atoms with Crippen LogP contribution in [0.5, 0.6) is 0 Å². The summed E-state index contributed by atoms with van der Waals surface area (Å²) in [5.74, 6) is 1.77. The summed E-state index contributed by atoms with van der Waals surface area (Å²) in [6, 6.07) is 10.8. The number of carbonyl (C=O) groups is 1. The van der Waals surface area contributed by atoms with Gasteiger partial charge in [-0.15, -0.1) is 5.10 Å². The molecule has 6 rings (SSSR count). The van der Waals surface area contributed by atoms with Gasteiger partial charge >= 0.3 is 5.97 Å². The molecule has 4 aromatic rings. The molecule has 12 heteroatoms. The lowest BCUT2D eigenvalue weighted by atomic mass is 9.97. The standard InChI is InChI=1S/C25H29N9O3/c26-23-28-24(29-25-27-21(30-34(23)25)20-8-4-14-37-20)33-9-3-5-17(16-33)15-31-10-12-32(13-11-31)19-7-2-1-6-18(19)22(35)36/h1-2,4,6-8,14,17H,3,5,9-13,15-16H2,(H,35,36)(H2,26,27,28,29,30). The zero-order chi connectivity index (χ0) is 25.4. The van der Waals surface area contributed by atoms with Crippen LogP contribution in [0.3, 0.4) is 0 Å². The summed E-state index contributed by atoms with van der Waals surface area (Å²) in [7, 11) is 0. The molecule has 37 heavy (non-hydrogen) atoms. The molecule has 5 heterocycles. The summed E-state index contributed by atoms with van der Waals surface area (Å²) < 4.78 is 6.83. The van der Waals surface area contributed by atoms with Crippen molar-refractivity contribution < 1.29 is 14.3 Å². The predicted molar refractivity (Wildman–Crippen MR) is 138 cm³/mol. The fourth-order valence-corrected chi connectivity index (χ4v) is 5.31. The minimum atomic E-state index is -0.885. The van der Waals surface area contributed by atoms with E-state index in [1.807, 2.05) is 12.1 Å². The first-order valence-electron chi connectivity index (χ1n) is 12.5. The molecule has 0 amide bonds. The Morgan fingerprint density at radius 1 is 1.03 bits per heavy atom. The predicted octanol–water partition coefficient (Wildman–Crippen LogP) is 2.10. The highest BCUT2D eigenvalue weighted by molar-refractivity contribution is 5.94. The van der Waals surface area contributed by atoms with Crippen LogP contribution in [-0.2, 0) is 0 Å². The number of benzene rings is 1. The molecule has 1 aromatic carbocycles. The summed E-state index contributed by atoms with van der Waals surface area (Å²) in [6.07, 6.45) is 3.77. The average Bonchev–Trinajstić information content (AvgIpc) is 3.60. The zero-order valence-electron chi connectivity index (χ0n) is 20.4. The number of aromatic carboxylic acids is 1. The fraction of sp³-hybridized carbons (Fsp3) is 0.400. The van der Waals surface area contributed by atoms with E-state index >= 15 is 0 Å². The number of furan rings is 1. The topological polar surface area (TPSA) is 142 Å². The number of carboxylic acids is 1. The van der Waals surface area contributed by atoms with Crippen LogP contribution >= 0.6 is 0 Å². The number of piperidine rings is 1. The van der Waals surface area contributed by atoms with E-state index in [-0.39, 0.29) is 5.95 Å². The number of carboxylic acid groups (broad SMARTS) is 1. The highest BCUT2D eigenvalue weighted by Crippen LogP contribution is 2.26. The maximum absolute atomic E-state index is 11.6. The summed E-state index contributed by atoms with van der Waals surface area (Å²) >= 11 is 0. The third kappa shape index (κ3) is 4.67. The molecule has 0 bridgehead atoms. The number of para-hydroxylation sites is 1. The van der Waals surface area contributed by atoms with E-state index in [0.717, 1.165) is 64.3 Å². The third-order valence-electron chi connectivity index (χ3n) is 7.13. The number of anilines is 3. The van der Waals surface area contributed by atoms with Gasteiger partial charge in [-0.25, -0.2) is 4.79 Å². The van der Waals surface area contributed by atoms with Gasteiger partial charge in [0.25, 0.3) is 5.78 Å². The van der Waals surface area contributed by atoms with Crippen LogP contribution in [0.1, 0.15) is 23.2 Å². The molecule has 1 unspecified atom stereocenters. The molecular weight excluding hydrogens is 474 g/mol. The Kier molecular flexibility index (Phi) is 6.08. The Morgan fingerprint density at radius 3 is 2.65 bits per heavy atom. The van der Waals surface area contributed by atoms with Crippen LogP contribution in [0.25, 0.3) is 17.4 Å². The second kappa shape index (κ2) is 9.69. The summed E-state index contributed by atoms with van der Waals surface area (Å²) in [5, 5.41) is 13.9. The van der Waals surface area contributed by atoms with Crippen LogP contribution < -0.4 is 15.5 Å². The molecule has 12 nitrogen and oxygen atoms in total. The fourth-order valence-electron chi connectivity index (χ4n) is 5.31. The monoisotopic (exact) mass is 503 g/mol. The number of hydrogen-bond acceptors (Lipinski definition) is 10.